The van der Waals surface area contributed by atoms with Crippen molar-refractivity contribution in [1.29, 1.82) is 0 Å². The molecule has 4 aliphatic rings. The van der Waals surface area contributed by atoms with Crippen molar-refractivity contribution in [3.63, 3.8) is 0 Å². The van der Waals surface area contributed by atoms with Crippen LogP contribution < -0.4 is 20.1 Å². The van der Waals surface area contributed by atoms with Crippen molar-refractivity contribution >= 4 is 17.8 Å². The zero-order chi connectivity index (χ0) is 27.9. The molecule has 8 nitrogen and oxygen atoms in total. The molecule has 1 aromatic rings. The Kier molecular flexibility index (Phi) is 7.80. The molecule has 0 spiro atoms. The van der Waals surface area contributed by atoms with E-state index >= 15 is 0 Å². The minimum Gasteiger partial charge on any atom is -0.496 e. The Bertz CT molecular complexity index is 1110. The molecule has 4 fully saturated rings. The fourth-order valence-corrected chi connectivity index (χ4v) is 7.55. The van der Waals surface area contributed by atoms with Crippen molar-refractivity contribution in [2.75, 3.05) is 7.11 Å². The molecule has 4 saturated carbocycles. The second kappa shape index (κ2) is 11.0. The highest BCUT2D eigenvalue weighted by atomic mass is 19.1. The molecular weight excluding hydrogens is 503 g/mol. The first-order valence-corrected chi connectivity index (χ1v) is 14.5. The Balaban J connectivity index is 1.30. The molecule has 5 atom stereocenters. The number of rotatable bonds is 8. The molecule has 0 aliphatic heterocycles. The van der Waals surface area contributed by atoms with E-state index in [-0.39, 0.29) is 64.3 Å². The average Bonchev–Trinajstić information content (AvgIpc) is 3.60. The van der Waals surface area contributed by atoms with E-state index in [1.807, 2.05) is 0 Å². The van der Waals surface area contributed by atoms with E-state index in [9.17, 15) is 23.9 Å². The van der Waals surface area contributed by atoms with Crippen LogP contribution >= 0.6 is 0 Å². The van der Waals surface area contributed by atoms with Gasteiger partial charge in [-0.1, -0.05) is 20.3 Å². The molecule has 214 valence electrons. The lowest BCUT2D eigenvalue weighted by atomic mass is 9.82. The number of benzene rings is 1. The minimum atomic E-state index is -0.817. The molecule has 3 N–H and O–H groups in total. The quantitative estimate of drug-likeness (QED) is 0.437. The van der Waals surface area contributed by atoms with Gasteiger partial charge in [-0.05, 0) is 81.1 Å². The van der Waals surface area contributed by atoms with Gasteiger partial charge in [-0.15, -0.1) is 0 Å². The second-order valence-corrected chi connectivity index (χ2v) is 12.7. The van der Waals surface area contributed by atoms with Crippen molar-refractivity contribution in [2.24, 2.45) is 29.1 Å². The summed E-state index contributed by atoms with van der Waals surface area (Å²) in [5.74, 6) is -1.99. The van der Waals surface area contributed by atoms with Gasteiger partial charge in [-0.3, -0.25) is 14.4 Å². The van der Waals surface area contributed by atoms with Crippen LogP contribution in [0, 0.1) is 34.9 Å². The molecule has 5 rings (SSSR count). The van der Waals surface area contributed by atoms with Crippen LogP contribution in [-0.4, -0.2) is 48.2 Å². The number of carbonyl (C=O) groups is 3. The van der Waals surface area contributed by atoms with Crippen LogP contribution in [0.3, 0.4) is 0 Å². The molecule has 2 amide bonds. The van der Waals surface area contributed by atoms with Crippen LogP contribution in [0.5, 0.6) is 11.5 Å². The zero-order valence-corrected chi connectivity index (χ0v) is 23.1. The number of ether oxygens (including phenoxy) is 2. The molecular formula is C30H41FN2O6. The Morgan fingerprint density at radius 2 is 1.69 bits per heavy atom. The first kappa shape index (κ1) is 27.7. The summed E-state index contributed by atoms with van der Waals surface area (Å²) in [5.41, 5.74) is 0.225. The molecule has 5 unspecified atom stereocenters. The lowest BCUT2D eigenvalue weighted by molar-refractivity contribution is -0.143. The predicted octanol–water partition coefficient (Wildman–Crippen LogP) is 4.70. The number of carboxylic acid groups (broad SMARTS) is 1. The van der Waals surface area contributed by atoms with Gasteiger partial charge in [0.05, 0.1) is 30.6 Å². The SMILES string of the molecule is COc1cc(F)c(OC2CCC(C(=O)O)CC2)cc1C(=O)NC1C2CCC(C2)C1C(=O)NC1CCCC1(C)C. The van der Waals surface area contributed by atoms with Gasteiger partial charge in [-0.25, -0.2) is 4.39 Å². The fourth-order valence-electron chi connectivity index (χ4n) is 7.55. The number of carbonyl (C=O) groups excluding carboxylic acids is 2. The van der Waals surface area contributed by atoms with Gasteiger partial charge in [0.25, 0.3) is 5.91 Å². The molecule has 0 heterocycles. The Hall–Kier alpha value is -2.84. The third-order valence-corrected chi connectivity index (χ3v) is 9.91. The van der Waals surface area contributed by atoms with Crippen molar-refractivity contribution in [3.05, 3.63) is 23.5 Å². The van der Waals surface area contributed by atoms with E-state index in [1.165, 1.54) is 13.2 Å². The molecule has 4 aliphatic carbocycles. The summed E-state index contributed by atoms with van der Waals surface area (Å²) < 4.78 is 26.2. The van der Waals surface area contributed by atoms with Crippen LogP contribution in [0.4, 0.5) is 4.39 Å². The molecule has 39 heavy (non-hydrogen) atoms. The number of hydrogen-bond donors (Lipinski definition) is 3. The smallest absolute Gasteiger partial charge is 0.306 e. The van der Waals surface area contributed by atoms with Crippen LogP contribution in [-0.2, 0) is 9.59 Å². The van der Waals surface area contributed by atoms with Crippen molar-refractivity contribution in [2.45, 2.75) is 96.2 Å². The highest BCUT2D eigenvalue weighted by Crippen LogP contribution is 2.49. The number of amides is 2. The summed E-state index contributed by atoms with van der Waals surface area (Å²) in [6.07, 6.45) is 7.68. The van der Waals surface area contributed by atoms with E-state index in [0.29, 0.717) is 25.7 Å². The van der Waals surface area contributed by atoms with E-state index in [4.69, 9.17) is 9.47 Å². The molecule has 0 aromatic heterocycles. The van der Waals surface area contributed by atoms with Gasteiger partial charge in [0.1, 0.15) is 5.75 Å². The number of halogens is 1. The molecule has 0 saturated heterocycles. The first-order valence-electron chi connectivity index (χ1n) is 14.5. The van der Waals surface area contributed by atoms with E-state index in [0.717, 1.165) is 44.6 Å². The number of fused-ring (bicyclic) bond motifs is 2. The van der Waals surface area contributed by atoms with Crippen LogP contribution in [0.1, 0.15) is 88.4 Å². The second-order valence-electron chi connectivity index (χ2n) is 12.7. The number of hydrogen-bond acceptors (Lipinski definition) is 5. The fraction of sp³-hybridized carbons (Fsp3) is 0.700. The zero-order valence-electron chi connectivity index (χ0n) is 23.1. The largest absolute Gasteiger partial charge is 0.496 e. The Labute approximate surface area is 229 Å². The standard InChI is InChI=1S/C30H41FN2O6/c1-30(2)12-4-5-24(30)32-28(35)25-17-6-7-18(13-17)26(25)33-27(34)20-14-23(21(31)15-22(20)38-3)39-19-10-8-16(9-11-19)29(36)37/h14-19,24-26H,4-13H2,1-3H3,(H,32,35)(H,33,34)(H,36,37). The minimum absolute atomic E-state index is 0.0273. The van der Waals surface area contributed by atoms with E-state index in [2.05, 4.69) is 24.5 Å². The number of nitrogens with one attached hydrogen (secondary N) is 2. The summed E-state index contributed by atoms with van der Waals surface area (Å²) in [6, 6.07) is 2.38. The maximum atomic E-state index is 14.9. The van der Waals surface area contributed by atoms with Crippen LogP contribution in [0.25, 0.3) is 0 Å². The van der Waals surface area contributed by atoms with E-state index in [1.54, 1.807) is 0 Å². The van der Waals surface area contributed by atoms with Crippen LogP contribution in [0.2, 0.25) is 0 Å². The topological polar surface area (TPSA) is 114 Å². The third-order valence-electron chi connectivity index (χ3n) is 9.91. The summed E-state index contributed by atoms with van der Waals surface area (Å²) in [4.78, 5) is 38.4. The van der Waals surface area contributed by atoms with Gasteiger partial charge in [-0.2, -0.15) is 0 Å². The highest BCUT2D eigenvalue weighted by molar-refractivity contribution is 5.98. The molecule has 0 radical (unpaired) electrons. The molecule has 9 heteroatoms. The van der Waals surface area contributed by atoms with Gasteiger partial charge < -0.3 is 25.2 Å². The van der Waals surface area contributed by atoms with Crippen LogP contribution in [0.15, 0.2) is 12.1 Å². The highest BCUT2D eigenvalue weighted by Gasteiger charge is 2.52. The van der Waals surface area contributed by atoms with Gasteiger partial charge in [0.15, 0.2) is 11.6 Å². The van der Waals surface area contributed by atoms with Crippen molar-refractivity contribution < 1.29 is 33.4 Å². The van der Waals surface area contributed by atoms with E-state index < -0.39 is 23.6 Å². The summed E-state index contributed by atoms with van der Waals surface area (Å²) in [7, 11) is 1.39. The maximum absolute atomic E-state index is 14.9. The predicted molar refractivity (Wildman–Crippen MR) is 142 cm³/mol. The normalized spacial score (nSPS) is 33.0. The van der Waals surface area contributed by atoms with Gasteiger partial charge in [0.2, 0.25) is 5.91 Å². The average molecular weight is 545 g/mol. The number of aliphatic carboxylic acids is 1. The van der Waals surface area contributed by atoms with Crippen molar-refractivity contribution in [3.8, 4) is 11.5 Å². The van der Waals surface area contributed by atoms with Crippen molar-refractivity contribution in [1.82, 2.24) is 10.6 Å². The monoisotopic (exact) mass is 544 g/mol. The first-order chi connectivity index (χ1) is 18.6. The molecule has 2 bridgehead atoms. The lowest BCUT2D eigenvalue weighted by Gasteiger charge is -2.34. The maximum Gasteiger partial charge on any atom is 0.306 e. The molecule has 1 aromatic carbocycles. The third kappa shape index (κ3) is 5.59. The summed E-state index contributed by atoms with van der Waals surface area (Å²) >= 11 is 0. The summed E-state index contributed by atoms with van der Waals surface area (Å²) in [5, 5.41) is 15.7. The van der Waals surface area contributed by atoms with Gasteiger partial charge in [0, 0.05) is 18.2 Å². The Morgan fingerprint density at radius 1 is 0.974 bits per heavy atom. The number of methoxy groups -OCH3 is 1. The number of carboxylic acids is 1. The van der Waals surface area contributed by atoms with Gasteiger partial charge >= 0.3 is 5.97 Å². The Morgan fingerprint density at radius 3 is 2.33 bits per heavy atom. The lowest BCUT2D eigenvalue weighted by Crippen LogP contribution is -2.53. The summed E-state index contributed by atoms with van der Waals surface area (Å²) in [6.45, 7) is 4.40.